The summed E-state index contributed by atoms with van der Waals surface area (Å²) in [4.78, 5) is 3.33. The van der Waals surface area contributed by atoms with E-state index >= 15 is 0 Å². The van der Waals surface area contributed by atoms with Crippen molar-refractivity contribution in [2.45, 2.75) is 0 Å². The van der Waals surface area contributed by atoms with Gasteiger partial charge in [-0.05, 0) is 23.8 Å². The molecule has 0 bridgehead atoms. The summed E-state index contributed by atoms with van der Waals surface area (Å²) in [5.74, 6) is 0.823. The molecule has 0 aliphatic carbocycles. The third kappa shape index (κ3) is 2.35. The maximum Gasteiger partial charge on any atom is 0.187 e. The lowest BCUT2D eigenvalue weighted by Crippen LogP contribution is -1.69. The fourth-order valence-corrected chi connectivity index (χ4v) is 1.22. The lowest BCUT2D eigenvalue weighted by atomic mass is 10.2. The fourth-order valence-electron chi connectivity index (χ4n) is 1.22. The maximum absolute atomic E-state index is 6.82. The van der Waals surface area contributed by atoms with Gasteiger partial charge in [-0.3, -0.25) is 0 Å². The van der Waals surface area contributed by atoms with E-state index in [4.69, 9.17) is 11.0 Å². The van der Waals surface area contributed by atoms with Gasteiger partial charge in [0, 0.05) is 0 Å². The molecular formula is C13H9NO. The Bertz CT molecular complexity index is 486. The Kier molecular flexibility index (Phi) is 2.66. The first-order valence-electron chi connectivity index (χ1n) is 4.57. The van der Waals surface area contributed by atoms with E-state index in [1.54, 1.807) is 18.4 Å². The molecule has 72 valence electrons. The highest BCUT2D eigenvalue weighted by molar-refractivity contribution is 5.68. The molecule has 0 unspecified atom stereocenters. The smallest absolute Gasteiger partial charge is 0.187 e. The highest BCUT2D eigenvalue weighted by atomic mass is 16.3. The molecule has 2 aromatic rings. The average Bonchev–Trinajstić information content (AvgIpc) is 2.80. The van der Waals surface area contributed by atoms with E-state index in [0.717, 1.165) is 11.3 Å². The summed E-state index contributed by atoms with van der Waals surface area (Å²) in [7, 11) is 0. The standard InChI is InChI=1S/C13H9NO/c1-14-12-7-4-11(5-8-12)6-9-13-3-2-10-15-13/h2-10H/b9-6+. The monoisotopic (exact) mass is 195 g/mol. The summed E-state index contributed by atoms with van der Waals surface area (Å²) < 4.78 is 5.16. The van der Waals surface area contributed by atoms with Gasteiger partial charge in [0.15, 0.2) is 5.69 Å². The van der Waals surface area contributed by atoms with E-state index in [1.165, 1.54) is 0 Å². The molecule has 0 fully saturated rings. The van der Waals surface area contributed by atoms with Crippen LogP contribution in [0, 0.1) is 6.57 Å². The van der Waals surface area contributed by atoms with Crippen molar-refractivity contribution in [1.82, 2.24) is 0 Å². The van der Waals surface area contributed by atoms with E-state index in [2.05, 4.69) is 4.85 Å². The Morgan fingerprint density at radius 3 is 2.47 bits per heavy atom. The number of hydrogen-bond donors (Lipinski definition) is 0. The molecule has 0 radical (unpaired) electrons. The Labute approximate surface area is 88.3 Å². The Morgan fingerprint density at radius 2 is 1.87 bits per heavy atom. The molecular weight excluding hydrogens is 186 g/mol. The molecule has 1 aromatic carbocycles. The van der Waals surface area contributed by atoms with Crippen LogP contribution in [0.4, 0.5) is 5.69 Å². The van der Waals surface area contributed by atoms with E-state index in [-0.39, 0.29) is 0 Å². The topological polar surface area (TPSA) is 17.5 Å². The lowest BCUT2D eigenvalue weighted by molar-refractivity contribution is 0.557. The van der Waals surface area contributed by atoms with Gasteiger partial charge in [0.2, 0.25) is 0 Å². The second-order valence-electron chi connectivity index (χ2n) is 3.05. The zero-order valence-electron chi connectivity index (χ0n) is 8.05. The van der Waals surface area contributed by atoms with E-state index in [9.17, 15) is 0 Å². The molecule has 2 rings (SSSR count). The minimum atomic E-state index is 0.658. The molecule has 1 aromatic heterocycles. The van der Waals surface area contributed by atoms with Gasteiger partial charge in [-0.25, -0.2) is 4.85 Å². The molecule has 0 amide bonds. The zero-order valence-corrected chi connectivity index (χ0v) is 8.05. The van der Waals surface area contributed by atoms with Crippen LogP contribution in [-0.2, 0) is 0 Å². The summed E-state index contributed by atoms with van der Waals surface area (Å²) in [6.45, 7) is 6.82. The van der Waals surface area contributed by atoms with Crippen molar-refractivity contribution in [3.05, 3.63) is 65.4 Å². The molecule has 1 heterocycles. The van der Waals surface area contributed by atoms with Crippen LogP contribution in [0.15, 0.2) is 47.1 Å². The van der Waals surface area contributed by atoms with Crippen LogP contribution in [0.2, 0.25) is 0 Å². The Morgan fingerprint density at radius 1 is 1.07 bits per heavy atom. The molecule has 15 heavy (non-hydrogen) atoms. The first-order valence-corrected chi connectivity index (χ1v) is 4.57. The number of benzene rings is 1. The van der Waals surface area contributed by atoms with Gasteiger partial charge in [-0.2, -0.15) is 0 Å². The molecule has 0 aliphatic rings. The lowest BCUT2D eigenvalue weighted by Gasteiger charge is -1.92. The average molecular weight is 195 g/mol. The van der Waals surface area contributed by atoms with Gasteiger partial charge in [0.05, 0.1) is 12.8 Å². The van der Waals surface area contributed by atoms with Crippen molar-refractivity contribution in [3.8, 4) is 0 Å². The molecule has 0 saturated carbocycles. The highest BCUT2D eigenvalue weighted by Crippen LogP contribution is 2.14. The van der Waals surface area contributed by atoms with Crippen molar-refractivity contribution in [2.24, 2.45) is 0 Å². The van der Waals surface area contributed by atoms with E-state index in [1.807, 2.05) is 36.4 Å². The van der Waals surface area contributed by atoms with Gasteiger partial charge < -0.3 is 4.42 Å². The Hall–Kier alpha value is -2.27. The van der Waals surface area contributed by atoms with Gasteiger partial charge >= 0.3 is 0 Å². The Balaban J connectivity index is 2.15. The second-order valence-corrected chi connectivity index (χ2v) is 3.05. The second kappa shape index (κ2) is 4.30. The summed E-state index contributed by atoms with van der Waals surface area (Å²) in [6.07, 6.45) is 5.49. The van der Waals surface area contributed by atoms with Crippen molar-refractivity contribution >= 4 is 17.8 Å². The minimum absolute atomic E-state index is 0.658. The molecule has 0 atom stereocenters. The van der Waals surface area contributed by atoms with E-state index < -0.39 is 0 Å². The van der Waals surface area contributed by atoms with Crippen LogP contribution in [0.1, 0.15) is 11.3 Å². The summed E-state index contributed by atoms with van der Waals surface area (Å²) in [6, 6.07) is 11.2. The van der Waals surface area contributed by atoms with Crippen LogP contribution in [0.5, 0.6) is 0 Å². The first kappa shape index (κ1) is 9.29. The summed E-state index contributed by atoms with van der Waals surface area (Å²) >= 11 is 0. The van der Waals surface area contributed by atoms with Crippen molar-refractivity contribution in [2.75, 3.05) is 0 Å². The molecule has 0 aliphatic heterocycles. The molecule has 2 nitrogen and oxygen atoms in total. The van der Waals surface area contributed by atoms with Crippen LogP contribution in [0.3, 0.4) is 0 Å². The largest absolute Gasteiger partial charge is 0.465 e. The van der Waals surface area contributed by atoms with Crippen molar-refractivity contribution in [3.63, 3.8) is 0 Å². The quantitative estimate of drug-likeness (QED) is 0.662. The third-order valence-corrected chi connectivity index (χ3v) is 2.01. The van der Waals surface area contributed by atoms with Crippen LogP contribution >= 0.6 is 0 Å². The molecule has 0 spiro atoms. The predicted molar refractivity (Wildman–Crippen MR) is 60.3 cm³/mol. The fraction of sp³-hybridized carbons (Fsp3) is 0. The van der Waals surface area contributed by atoms with E-state index in [0.29, 0.717) is 5.69 Å². The number of furan rings is 1. The molecule has 2 heteroatoms. The number of rotatable bonds is 2. The predicted octanol–water partition coefficient (Wildman–Crippen LogP) is 4.00. The molecule has 0 N–H and O–H groups in total. The third-order valence-electron chi connectivity index (χ3n) is 2.01. The van der Waals surface area contributed by atoms with Crippen LogP contribution in [-0.4, -0.2) is 0 Å². The highest BCUT2D eigenvalue weighted by Gasteiger charge is 1.91. The number of hydrogen-bond acceptors (Lipinski definition) is 1. The normalized spacial score (nSPS) is 10.3. The SMILES string of the molecule is [C-]#[N+]c1ccc(/C=C/c2ccco2)cc1. The van der Waals surface area contributed by atoms with Crippen molar-refractivity contribution < 1.29 is 4.42 Å². The maximum atomic E-state index is 6.82. The zero-order chi connectivity index (χ0) is 10.5. The number of nitrogens with zero attached hydrogens (tertiary/aromatic N) is 1. The van der Waals surface area contributed by atoms with Crippen LogP contribution in [0.25, 0.3) is 17.0 Å². The van der Waals surface area contributed by atoms with Crippen LogP contribution < -0.4 is 0 Å². The van der Waals surface area contributed by atoms with Gasteiger partial charge in [0.1, 0.15) is 5.76 Å². The van der Waals surface area contributed by atoms with Gasteiger partial charge in [-0.15, -0.1) is 0 Å². The van der Waals surface area contributed by atoms with Gasteiger partial charge in [-0.1, -0.05) is 30.3 Å². The van der Waals surface area contributed by atoms with Crippen molar-refractivity contribution in [1.29, 1.82) is 0 Å². The molecule has 0 saturated heterocycles. The first-order chi connectivity index (χ1) is 7.38. The van der Waals surface area contributed by atoms with Gasteiger partial charge in [0.25, 0.3) is 0 Å². The summed E-state index contributed by atoms with van der Waals surface area (Å²) in [5.41, 5.74) is 1.71. The minimum Gasteiger partial charge on any atom is -0.465 e. The summed E-state index contributed by atoms with van der Waals surface area (Å²) in [5, 5.41) is 0.